The Kier molecular flexibility index (Phi) is 5.31. The molecule has 0 saturated heterocycles. The van der Waals surface area contributed by atoms with Gasteiger partial charge >= 0.3 is 5.97 Å². The Labute approximate surface area is 109 Å². The Balaban J connectivity index is 2.20. The van der Waals surface area contributed by atoms with E-state index >= 15 is 0 Å². The first-order valence-corrected chi connectivity index (χ1v) is 5.50. The Morgan fingerprint density at radius 1 is 1.56 bits per heavy atom. The lowest BCUT2D eigenvalue weighted by molar-refractivity contribution is -0.139. The van der Waals surface area contributed by atoms with Crippen LogP contribution >= 0.6 is 12.6 Å². The summed E-state index contributed by atoms with van der Waals surface area (Å²) in [5.74, 6) is -0.786. The summed E-state index contributed by atoms with van der Waals surface area (Å²) in [4.78, 5) is 22.4. The van der Waals surface area contributed by atoms with Crippen LogP contribution in [0.4, 0.5) is 0 Å². The molecule has 9 heteroatoms. The van der Waals surface area contributed by atoms with Gasteiger partial charge in [0.1, 0.15) is 13.2 Å². The van der Waals surface area contributed by atoms with Crippen LogP contribution in [0.2, 0.25) is 0 Å². The SMILES string of the molecule is C=C(C)C(=O)OCCNC(=O)Cn1nnnc1S. The fourth-order valence-electron chi connectivity index (χ4n) is 0.952. The zero-order chi connectivity index (χ0) is 13.5. The average molecular weight is 271 g/mol. The van der Waals surface area contributed by atoms with Crippen LogP contribution in [0, 0.1) is 0 Å². The molecule has 1 amide bonds. The fourth-order valence-corrected chi connectivity index (χ4v) is 1.10. The Hall–Kier alpha value is -1.90. The van der Waals surface area contributed by atoms with E-state index in [-0.39, 0.29) is 30.8 Å². The van der Waals surface area contributed by atoms with Crippen LogP contribution in [-0.4, -0.2) is 45.2 Å². The van der Waals surface area contributed by atoms with Crippen LogP contribution < -0.4 is 5.32 Å². The molecule has 0 atom stereocenters. The van der Waals surface area contributed by atoms with Gasteiger partial charge in [0.25, 0.3) is 0 Å². The highest BCUT2D eigenvalue weighted by molar-refractivity contribution is 7.80. The molecule has 1 N–H and O–H groups in total. The predicted octanol–water partition coefficient (Wildman–Crippen LogP) is -0.803. The Bertz CT molecular complexity index is 459. The number of aromatic nitrogens is 4. The molecule has 0 radical (unpaired) electrons. The summed E-state index contributed by atoms with van der Waals surface area (Å²) in [5, 5.41) is 13.2. The summed E-state index contributed by atoms with van der Waals surface area (Å²) >= 11 is 3.95. The average Bonchev–Trinajstić information content (AvgIpc) is 2.70. The highest BCUT2D eigenvalue weighted by Crippen LogP contribution is 1.96. The number of esters is 1. The van der Waals surface area contributed by atoms with Crippen molar-refractivity contribution in [1.29, 1.82) is 0 Å². The van der Waals surface area contributed by atoms with Crippen molar-refractivity contribution in [3.63, 3.8) is 0 Å². The molecule has 1 rings (SSSR count). The molecule has 0 bridgehead atoms. The summed E-state index contributed by atoms with van der Waals surface area (Å²) in [5.41, 5.74) is 0.315. The van der Waals surface area contributed by atoms with E-state index in [0.717, 1.165) is 0 Å². The molecule has 1 heterocycles. The quantitative estimate of drug-likeness (QED) is 0.304. The first kappa shape index (κ1) is 14.2. The molecular formula is C9H13N5O3S. The molecule has 18 heavy (non-hydrogen) atoms. The molecule has 0 saturated carbocycles. The summed E-state index contributed by atoms with van der Waals surface area (Å²) in [6.07, 6.45) is 0. The predicted molar refractivity (Wildman–Crippen MR) is 63.9 cm³/mol. The number of thiol groups is 1. The molecular weight excluding hydrogens is 258 g/mol. The van der Waals surface area contributed by atoms with E-state index in [1.165, 1.54) is 4.68 Å². The number of hydrogen-bond acceptors (Lipinski definition) is 7. The van der Waals surface area contributed by atoms with Crippen LogP contribution in [0.3, 0.4) is 0 Å². The van der Waals surface area contributed by atoms with Gasteiger partial charge in [0.05, 0.1) is 6.54 Å². The summed E-state index contributed by atoms with van der Waals surface area (Å²) in [6.45, 7) is 5.23. The molecule has 0 aliphatic rings. The third-order valence-corrected chi connectivity index (χ3v) is 2.13. The zero-order valence-electron chi connectivity index (χ0n) is 9.79. The number of nitrogens with one attached hydrogen (secondary N) is 1. The minimum Gasteiger partial charge on any atom is -0.460 e. The molecule has 0 aliphatic carbocycles. The number of nitrogens with zero attached hydrogens (tertiary/aromatic N) is 4. The minimum absolute atomic E-state index is 0.0414. The van der Waals surface area contributed by atoms with E-state index in [2.05, 4.69) is 40.0 Å². The van der Waals surface area contributed by atoms with Crippen LogP contribution in [-0.2, 0) is 20.9 Å². The molecule has 0 aliphatic heterocycles. The van der Waals surface area contributed by atoms with E-state index < -0.39 is 5.97 Å². The molecule has 1 aromatic rings. The lowest BCUT2D eigenvalue weighted by Gasteiger charge is -2.06. The molecule has 0 unspecified atom stereocenters. The van der Waals surface area contributed by atoms with Gasteiger partial charge in [-0.1, -0.05) is 6.58 Å². The molecule has 0 fully saturated rings. The van der Waals surface area contributed by atoms with Gasteiger partial charge in [0.15, 0.2) is 0 Å². The van der Waals surface area contributed by atoms with Gasteiger partial charge in [-0.3, -0.25) is 4.79 Å². The number of tetrazole rings is 1. The van der Waals surface area contributed by atoms with Crippen LogP contribution in [0.25, 0.3) is 0 Å². The summed E-state index contributed by atoms with van der Waals surface area (Å²) < 4.78 is 6.03. The minimum atomic E-state index is -0.484. The van der Waals surface area contributed by atoms with Crippen LogP contribution in [0.5, 0.6) is 0 Å². The highest BCUT2D eigenvalue weighted by atomic mass is 32.1. The maximum Gasteiger partial charge on any atom is 0.333 e. The number of amides is 1. The van der Waals surface area contributed by atoms with Crippen LogP contribution in [0.1, 0.15) is 6.92 Å². The summed E-state index contributed by atoms with van der Waals surface area (Å²) in [6, 6.07) is 0. The van der Waals surface area contributed by atoms with Crippen molar-refractivity contribution in [2.75, 3.05) is 13.2 Å². The number of rotatable bonds is 6. The van der Waals surface area contributed by atoms with Crippen molar-refractivity contribution in [3.8, 4) is 0 Å². The standard InChI is InChI=1S/C9H13N5O3S/c1-6(2)8(16)17-4-3-10-7(15)5-14-9(18)11-12-13-14/h1,3-5H2,2H3,(H,10,15)(H,11,13,18). The maximum atomic E-state index is 11.4. The number of ether oxygens (including phenoxy) is 1. The van der Waals surface area contributed by atoms with E-state index in [1.807, 2.05) is 0 Å². The maximum absolute atomic E-state index is 11.4. The van der Waals surface area contributed by atoms with Crippen molar-refractivity contribution in [2.24, 2.45) is 0 Å². The second-order valence-electron chi connectivity index (χ2n) is 3.40. The number of hydrogen-bond donors (Lipinski definition) is 2. The third-order valence-electron chi connectivity index (χ3n) is 1.81. The number of carbonyl (C=O) groups excluding carboxylic acids is 2. The van der Waals surface area contributed by atoms with Crippen molar-refractivity contribution in [3.05, 3.63) is 12.2 Å². The third kappa shape index (κ3) is 4.53. The van der Waals surface area contributed by atoms with Gasteiger partial charge in [-0.2, -0.15) is 0 Å². The monoisotopic (exact) mass is 271 g/mol. The molecule has 98 valence electrons. The molecule has 0 spiro atoms. The van der Waals surface area contributed by atoms with Gasteiger partial charge in [0, 0.05) is 5.57 Å². The Morgan fingerprint density at radius 3 is 2.83 bits per heavy atom. The summed E-state index contributed by atoms with van der Waals surface area (Å²) in [7, 11) is 0. The second kappa shape index (κ2) is 6.74. The first-order valence-electron chi connectivity index (χ1n) is 5.05. The lowest BCUT2D eigenvalue weighted by Crippen LogP contribution is -2.31. The van der Waals surface area contributed by atoms with Crippen molar-refractivity contribution in [2.45, 2.75) is 18.6 Å². The van der Waals surface area contributed by atoms with Gasteiger partial charge in [-0.25, -0.2) is 9.48 Å². The molecule has 1 aromatic heterocycles. The van der Waals surface area contributed by atoms with E-state index in [9.17, 15) is 9.59 Å². The van der Waals surface area contributed by atoms with Gasteiger partial charge in [-0.05, 0) is 17.4 Å². The van der Waals surface area contributed by atoms with Gasteiger partial charge < -0.3 is 10.1 Å². The van der Waals surface area contributed by atoms with Crippen molar-refractivity contribution < 1.29 is 14.3 Å². The smallest absolute Gasteiger partial charge is 0.333 e. The lowest BCUT2D eigenvalue weighted by atomic mass is 10.4. The normalized spacial score (nSPS) is 9.89. The largest absolute Gasteiger partial charge is 0.460 e. The second-order valence-corrected chi connectivity index (χ2v) is 3.80. The van der Waals surface area contributed by atoms with E-state index in [1.54, 1.807) is 6.92 Å². The fraction of sp³-hybridized carbons (Fsp3) is 0.444. The van der Waals surface area contributed by atoms with E-state index in [0.29, 0.717) is 5.57 Å². The van der Waals surface area contributed by atoms with Crippen molar-refractivity contribution >= 4 is 24.5 Å². The first-order chi connectivity index (χ1) is 8.50. The van der Waals surface area contributed by atoms with Crippen LogP contribution in [0.15, 0.2) is 17.3 Å². The van der Waals surface area contributed by atoms with Crippen molar-refractivity contribution in [1.82, 2.24) is 25.5 Å². The van der Waals surface area contributed by atoms with Gasteiger partial charge in [-0.15, -0.1) is 17.7 Å². The topological polar surface area (TPSA) is 99.0 Å². The Morgan fingerprint density at radius 2 is 2.28 bits per heavy atom. The highest BCUT2D eigenvalue weighted by Gasteiger charge is 2.07. The number of carbonyl (C=O) groups is 2. The van der Waals surface area contributed by atoms with E-state index in [4.69, 9.17) is 4.74 Å². The molecule has 0 aromatic carbocycles. The van der Waals surface area contributed by atoms with Gasteiger partial charge in [0.2, 0.25) is 11.1 Å². The molecule has 8 nitrogen and oxygen atoms in total. The zero-order valence-corrected chi connectivity index (χ0v) is 10.7.